The van der Waals surface area contributed by atoms with Gasteiger partial charge in [-0.05, 0) is 26.0 Å². The van der Waals surface area contributed by atoms with Crippen molar-refractivity contribution in [3.8, 4) is 0 Å². The van der Waals surface area contributed by atoms with E-state index in [1.165, 1.54) is 0 Å². The zero-order valence-electron chi connectivity index (χ0n) is 11.8. The van der Waals surface area contributed by atoms with Gasteiger partial charge in [-0.2, -0.15) is 16.7 Å². The average Bonchev–Trinajstić information content (AvgIpc) is 2.35. The molecule has 18 heavy (non-hydrogen) atoms. The molecule has 0 aliphatic carbocycles. The average molecular weight is 268 g/mol. The van der Waals surface area contributed by atoms with Gasteiger partial charge in [0.25, 0.3) is 0 Å². The zero-order chi connectivity index (χ0) is 13.4. The standard InChI is InChI=1S/C13H24N4S/c1-5-7-14-13-15-10(3)8-12(17-13)16-11(6-2)9-18-4/h8,11H,5-7,9H2,1-4H3,(H2,14,15,16,17). The lowest BCUT2D eigenvalue weighted by atomic mass is 10.2. The molecule has 0 saturated heterocycles. The first-order chi connectivity index (χ1) is 8.69. The molecule has 2 N–H and O–H groups in total. The van der Waals surface area contributed by atoms with Crippen molar-refractivity contribution >= 4 is 23.5 Å². The van der Waals surface area contributed by atoms with E-state index in [4.69, 9.17) is 0 Å². The first-order valence-electron chi connectivity index (χ1n) is 6.54. The molecule has 102 valence electrons. The number of anilines is 2. The fourth-order valence-corrected chi connectivity index (χ4v) is 2.35. The van der Waals surface area contributed by atoms with Crippen molar-refractivity contribution in [2.75, 3.05) is 29.2 Å². The van der Waals surface area contributed by atoms with Crippen LogP contribution in [0.3, 0.4) is 0 Å². The van der Waals surface area contributed by atoms with Gasteiger partial charge >= 0.3 is 0 Å². The molecule has 1 rings (SSSR count). The van der Waals surface area contributed by atoms with Crippen LogP contribution in [0, 0.1) is 6.92 Å². The minimum absolute atomic E-state index is 0.466. The highest BCUT2D eigenvalue weighted by Gasteiger charge is 2.07. The second kappa shape index (κ2) is 8.19. The Balaban J connectivity index is 2.71. The van der Waals surface area contributed by atoms with Gasteiger partial charge in [-0.1, -0.05) is 13.8 Å². The van der Waals surface area contributed by atoms with Crippen molar-refractivity contribution < 1.29 is 0 Å². The lowest BCUT2D eigenvalue weighted by Gasteiger charge is -2.17. The summed E-state index contributed by atoms with van der Waals surface area (Å²) in [5.41, 5.74) is 0.991. The maximum Gasteiger partial charge on any atom is 0.224 e. The molecule has 4 nitrogen and oxygen atoms in total. The molecule has 1 heterocycles. The van der Waals surface area contributed by atoms with E-state index in [1.54, 1.807) is 0 Å². The number of rotatable bonds is 8. The molecular formula is C13H24N4S. The maximum atomic E-state index is 4.50. The molecule has 0 saturated carbocycles. The molecule has 5 heteroatoms. The molecule has 0 bridgehead atoms. The third-order valence-electron chi connectivity index (χ3n) is 2.60. The lowest BCUT2D eigenvalue weighted by Crippen LogP contribution is -2.22. The van der Waals surface area contributed by atoms with Gasteiger partial charge in [-0.3, -0.25) is 0 Å². The van der Waals surface area contributed by atoms with Crippen LogP contribution in [0.5, 0.6) is 0 Å². The van der Waals surface area contributed by atoms with Crippen LogP contribution < -0.4 is 10.6 Å². The summed E-state index contributed by atoms with van der Waals surface area (Å²) >= 11 is 1.85. The molecule has 0 amide bonds. The van der Waals surface area contributed by atoms with E-state index in [9.17, 15) is 0 Å². The molecule has 0 aromatic carbocycles. The summed E-state index contributed by atoms with van der Waals surface area (Å²) in [4.78, 5) is 8.88. The topological polar surface area (TPSA) is 49.8 Å². The number of hydrogen-bond donors (Lipinski definition) is 2. The Morgan fingerprint density at radius 3 is 2.72 bits per heavy atom. The summed E-state index contributed by atoms with van der Waals surface area (Å²) in [5.74, 6) is 2.73. The van der Waals surface area contributed by atoms with Crippen LogP contribution in [-0.2, 0) is 0 Å². The third kappa shape index (κ3) is 5.12. The predicted molar refractivity (Wildman–Crippen MR) is 81.6 cm³/mol. The number of aryl methyl sites for hydroxylation is 1. The van der Waals surface area contributed by atoms with E-state index in [0.717, 1.165) is 42.6 Å². The summed E-state index contributed by atoms with van der Waals surface area (Å²) in [6.45, 7) is 7.23. The number of aromatic nitrogens is 2. The Bertz CT molecular complexity index is 357. The Hall–Kier alpha value is -0.970. The van der Waals surface area contributed by atoms with Gasteiger partial charge in [0.2, 0.25) is 5.95 Å². The molecule has 1 aromatic heterocycles. The van der Waals surface area contributed by atoms with E-state index < -0.39 is 0 Å². The van der Waals surface area contributed by atoms with Gasteiger partial charge < -0.3 is 10.6 Å². The minimum atomic E-state index is 0.466. The molecule has 0 aliphatic rings. The highest BCUT2D eigenvalue weighted by molar-refractivity contribution is 7.98. The van der Waals surface area contributed by atoms with Crippen molar-refractivity contribution in [3.05, 3.63) is 11.8 Å². The summed E-state index contributed by atoms with van der Waals surface area (Å²) in [6, 6.07) is 2.47. The maximum absolute atomic E-state index is 4.50. The van der Waals surface area contributed by atoms with Gasteiger partial charge in [0.1, 0.15) is 5.82 Å². The third-order valence-corrected chi connectivity index (χ3v) is 3.34. The van der Waals surface area contributed by atoms with Gasteiger partial charge in [-0.25, -0.2) is 4.98 Å². The smallest absolute Gasteiger partial charge is 0.224 e. The highest BCUT2D eigenvalue weighted by Crippen LogP contribution is 2.13. The Morgan fingerprint density at radius 1 is 1.33 bits per heavy atom. The van der Waals surface area contributed by atoms with Crippen LogP contribution in [0.15, 0.2) is 6.07 Å². The first kappa shape index (κ1) is 15.1. The summed E-state index contributed by atoms with van der Waals surface area (Å²) < 4.78 is 0. The zero-order valence-corrected chi connectivity index (χ0v) is 12.6. The Labute approximate surface area is 114 Å². The van der Waals surface area contributed by atoms with Crippen molar-refractivity contribution in [1.82, 2.24) is 9.97 Å². The van der Waals surface area contributed by atoms with E-state index in [2.05, 4.69) is 40.7 Å². The molecule has 0 aliphatic heterocycles. The number of nitrogens with one attached hydrogen (secondary N) is 2. The van der Waals surface area contributed by atoms with E-state index in [1.807, 2.05) is 24.8 Å². The Kier molecular flexibility index (Phi) is 6.86. The number of nitrogens with zero attached hydrogens (tertiary/aromatic N) is 2. The normalized spacial score (nSPS) is 12.2. The van der Waals surface area contributed by atoms with Crippen LogP contribution >= 0.6 is 11.8 Å². The van der Waals surface area contributed by atoms with Crippen LogP contribution in [0.2, 0.25) is 0 Å². The van der Waals surface area contributed by atoms with Crippen molar-refractivity contribution in [1.29, 1.82) is 0 Å². The second-order valence-corrected chi connectivity index (χ2v) is 5.26. The molecule has 1 aromatic rings. The second-order valence-electron chi connectivity index (χ2n) is 4.35. The van der Waals surface area contributed by atoms with E-state index in [-0.39, 0.29) is 0 Å². The molecule has 0 fully saturated rings. The van der Waals surface area contributed by atoms with Crippen LogP contribution in [-0.4, -0.2) is 34.6 Å². The fourth-order valence-electron chi connectivity index (χ4n) is 1.63. The summed E-state index contributed by atoms with van der Waals surface area (Å²) in [6.07, 6.45) is 4.30. The van der Waals surface area contributed by atoms with Gasteiger partial charge in [0, 0.05) is 30.1 Å². The number of hydrogen-bond acceptors (Lipinski definition) is 5. The molecular weight excluding hydrogens is 244 g/mol. The van der Waals surface area contributed by atoms with Crippen LogP contribution in [0.1, 0.15) is 32.4 Å². The lowest BCUT2D eigenvalue weighted by molar-refractivity contribution is 0.768. The quantitative estimate of drug-likeness (QED) is 0.758. The summed E-state index contributed by atoms with van der Waals surface area (Å²) in [7, 11) is 0. The van der Waals surface area contributed by atoms with Gasteiger partial charge in [0.15, 0.2) is 0 Å². The van der Waals surface area contributed by atoms with Gasteiger partial charge in [-0.15, -0.1) is 0 Å². The van der Waals surface area contributed by atoms with Crippen LogP contribution in [0.25, 0.3) is 0 Å². The predicted octanol–water partition coefficient (Wildman–Crippen LogP) is 3.16. The van der Waals surface area contributed by atoms with Crippen molar-refractivity contribution in [2.45, 2.75) is 39.7 Å². The Morgan fingerprint density at radius 2 is 2.11 bits per heavy atom. The molecule has 0 radical (unpaired) electrons. The number of thioether (sulfide) groups is 1. The minimum Gasteiger partial charge on any atom is -0.366 e. The molecule has 0 spiro atoms. The molecule has 1 unspecified atom stereocenters. The van der Waals surface area contributed by atoms with Gasteiger partial charge in [0.05, 0.1) is 0 Å². The van der Waals surface area contributed by atoms with E-state index >= 15 is 0 Å². The van der Waals surface area contributed by atoms with Crippen molar-refractivity contribution in [2.24, 2.45) is 0 Å². The monoisotopic (exact) mass is 268 g/mol. The summed E-state index contributed by atoms with van der Waals surface area (Å²) in [5, 5.41) is 6.71. The van der Waals surface area contributed by atoms with Crippen LogP contribution in [0.4, 0.5) is 11.8 Å². The van der Waals surface area contributed by atoms with Crippen molar-refractivity contribution in [3.63, 3.8) is 0 Å². The SMILES string of the molecule is CCCNc1nc(C)cc(NC(CC)CSC)n1. The largest absolute Gasteiger partial charge is 0.366 e. The van der Waals surface area contributed by atoms with E-state index in [0.29, 0.717) is 6.04 Å². The molecule has 1 atom stereocenters. The highest BCUT2D eigenvalue weighted by atomic mass is 32.2. The first-order valence-corrected chi connectivity index (χ1v) is 7.94. The fraction of sp³-hybridized carbons (Fsp3) is 0.692.